The number of alkyl halides is 3. The molecular weight excluding hydrogens is 350 g/mol. The maximum absolute atomic E-state index is 11.9. The van der Waals surface area contributed by atoms with Crippen molar-refractivity contribution in [3.63, 3.8) is 0 Å². The third-order valence-electron chi connectivity index (χ3n) is 1.54. The number of hydrogen-bond donors (Lipinski definition) is 1. The molecule has 96 valence electrons. The topological polar surface area (TPSA) is 69.4 Å². The highest BCUT2D eigenvalue weighted by Crippen LogP contribution is 2.36. The van der Waals surface area contributed by atoms with Gasteiger partial charge in [-0.2, -0.15) is 0 Å². The number of nitrogen functional groups attached to an aromatic ring is 1. The summed E-state index contributed by atoms with van der Waals surface area (Å²) in [5.74, 6) is -0.766. The highest BCUT2D eigenvalue weighted by Gasteiger charge is 2.32. The molecule has 0 atom stereocenters. The summed E-state index contributed by atoms with van der Waals surface area (Å²) in [6.45, 7) is 0. The van der Waals surface area contributed by atoms with E-state index in [4.69, 9.17) is 16.4 Å². The molecule has 0 saturated heterocycles. The second kappa shape index (κ2) is 4.54. The van der Waals surface area contributed by atoms with Crippen molar-refractivity contribution in [3.05, 3.63) is 16.6 Å². The van der Waals surface area contributed by atoms with E-state index in [1.54, 1.807) is 0 Å². The Bertz CT molecular complexity index is 546. The van der Waals surface area contributed by atoms with Crippen molar-refractivity contribution in [2.45, 2.75) is 11.3 Å². The zero-order valence-corrected chi connectivity index (χ0v) is 10.9. The second-order valence-electron chi connectivity index (χ2n) is 2.81. The number of halogens is 5. The molecule has 10 heteroatoms. The highest BCUT2D eigenvalue weighted by atomic mass is 79.9. The summed E-state index contributed by atoms with van der Waals surface area (Å²) < 4.78 is 61.4. The van der Waals surface area contributed by atoms with Gasteiger partial charge in [0.15, 0.2) is 0 Å². The van der Waals surface area contributed by atoms with Gasteiger partial charge in [-0.3, -0.25) is 0 Å². The Labute approximate surface area is 107 Å². The fourth-order valence-electron chi connectivity index (χ4n) is 0.963. The predicted molar refractivity (Wildman–Crippen MR) is 58.3 cm³/mol. The standard InChI is InChI=1S/C7H4BrClF3NO3S/c8-6-4(13)1-3(16-7(10,11)12)2-5(6)17(9,14)15/h1-2H,13H2. The lowest BCUT2D eigenvalue weighted by Crippen LogP contribution is -2.17. The molecular formula is C7H4BrClF3NO3S. The minimum atomic E-state index is -4.95. The average Bonchev–Trinajstić information content (AvgIpc) is 2.06. The Morgan fingerprint density at radius 3 is 2.29 bits per heavy atom. The first-order valence-electron chi connectivity index (χ1n) is 3.80. The molecule has 0 fully saturated rings. The van der Waals surface area contributed by atoms with Gasteiger partial charge in [-0.15, -0.1) is 13.2 Å². The molecule has 0 aromatic heterocycles. The zero-order chi connectivity index (χ0) is 13.4. The Morgan fingerprint density at radius 2 is 1.88 bits per heavy atom. The van der Waals surface area contributed by atoms with Crippen LogP contribution in [-0.2, 0) is 9.05 Å². The Balaban J connectivity index is 3.35. The zero-order valence-electron chi connectivity index (χ0n) is 7.75. The lowest BCUT2D eigenvalue weighted by molar-refractivity contribution is -0.274. The van der Waals surface area contributed by atoms with E-state index in [2.05, 4.69) is 20.7 Å². The number of rotatable bonds is 2. The quantitative estimate of drug-likeness (QED) is 0.655. The van der Waals surface area contributed by atoms with Gasteiger partial charge in [0.05, 0.1) is 10.2 Å². The molecule has 0 bridgehead atoms. The average molecular weight is 355 g/mol. The van der Waals surface area contributed by atoms with Crippen LogP contribution in [0.5, 0.6) is 5.75 Å². The van der Waals surface area contributed by atoms with Crippen LogP contribution in [0.25, 0.3) is 0 Å². The van der Waals surface area contributed by atoms with Gasteiger partial charge < -0.3 is 10.5 Å². The number of hydrogen-bond acceptors (Lipinski definition) is 4. The number of anilines is 1. The fraction of sp³-hybridized carbons (Fsp3) is 0.143. The van der Waals surface area contributed by atoms with Crippen LogP contribution in [-0.4, -0.2) is 14.8 Å². The van der Waals surface area contributed by atoms with Crippen LogP contribution in [0.3, 0.4) is 0 Å². The van der Waals surface area contributed by atoms with Crippen molar-refractivity contribution >= 4 is 41.4 Å². The van der Waals surface area contributed by atoms with E-state index < -0.39 is 26.1 Å². The fourth-order valence-corrected chi connectivity index (χ4v) is 3.06. The predicted octanol–water partition coefficient (Wildman–Crippen LogP) is 2.86. The molecule has 0 aliphatic heterocycles. The molecule has 0 unspecified atom stereocenters. The molecule has 4 nitrogen and oxygen atoms in total. The van der Waals surface area contributed by atoms with Crippen molar-refractivity contribution in [1.29, 1.82) is 0 Å². The van der Waals surface area contributed by atoms with Crippen molar-refractivity contribution in [2.24, 2.45) is 0 Å². The first-order valence-corrected chi connectivity index (χ1v) is 6.90. The van der Waals surface area contributed by atoms with Crippen LogP contribution in [0.4, 0.5) is 18.9 Å². The molecule has 0 saturated carbocycles. The van der Waals surface area contributed by atoms with E-state index in [1.807, 2.05) is 0 Å². The lowest BCUT2D eigenvalue weighted by atomic mass is 10.3. The van der Waals surface area contributed by atoms with E-state index in [0.717, 1.165) is 6.07 Å². The molecule has 0 heterocycles. The molecule has 0 spiro atoms. The van der Waals surface area contributed by atoms with Crippen LogP contribution in [0.2, 0.25) is 0 Å². The van der Waals surface area contributed by atoms with Gasteiger partial charge in [-0.1, -0.05) is 0 Å². The SMILES string of the molecule is Nc1cc(OC(F)(F)F)cc(S(=O)(=O)Cl)c1Br. The molecule has 0 radical (unpaired) electrons. The van der Waals surface area contributed by atoms with E-state index in [1.165, 1.54) is 0 Å². The summed E-state index contributed by atoms with van der Waals surface area (Å²) in [7, 11) is 0.793. The molecule has 1 aromatic carbocycles. The molecule has 17 heavy (non-hydrogen) atoms. The Kier molecular flexibility index (Phi) is 3.84. The van der Waals surface area contributed by atoms with Crippen molar-refractivity contribution < 1.29 is 26.3 Å². The van der Waals surface area contributed by atoms with Gasteiger partial charge >= 0.3 is 6.36 Å². The van der Waals surface area contributed by atoms with Crippen LogP contribution in [0, 0.1) is 0 Å². The van der Waals surface area contributed by atoms with E-state index in [9.17, 15) is 21.6 Å². The summed E-state index contributed by atoms with van der Waals surface area (Å²) in [6, 6.07) is 1.44. The summed E-state index contributed by atoms with van der Waals surface area (Å²) in [6.07, 6.45) is -4.95. The van der Waals surface area contributed by atoms with E-state index in [0.29, 0.717) is 6.07 Å². The summed E-state index contributed by atoms with van der Waals surface area (Å²) in [5, 5.41) is 0. The van der Waals surface area contributed by atoms with Crippen molar-refractivity contribution in [2.75, 3.05) is 5.73 Å². The summed E-state index contributed by atoms with van der Waals surface area (Å²) in [4.78, 5) is -0.599. The normalized spacial score (nSPS) is 12.5. The molecule has 1 rings (SSSR count). The molecule has 0 amide bonds. The number of ether oxygens (including phenoxy) is 1. The Morgan fingerprint density at radius 1 is 1.35 bits per heavy atom. The second-order valence-corrected chi connectivity index (χ2v) is 6.14. The minimum absolute atomic E-state index is 0.123. The largest absolute Gasteiger partial charge is 0.573 e. The molecule has 0 aliphatic carbocycles. The van der Waals surface area contributed by atoms with E-state index >= 15 is 0 Å². The van der Waals surface area contributed by atoms with Crippen LogP contribution < -0.4 is 10.5 Å². The third-order valence-corrected chi connectivity index (χ3v) is 4.03. The first kappa shape index (κ1) is 14.4. The number of benzene rings is 1. The van der Waals surface area contributed by atoms with Crippen LogP contribution in [0.15, 0.2) is 21.5 Å². The number of nitrogens with two attached hydrogens (primary N) is 1. The maximum atomic E-state index is 11.9. The Hall–Kier alpha value is -0.670. The van der Waals surface area contributed by atoms with Crippen molar-refractivity contribution in [3.8, 4) is 5.75 Å². The monoisotopic (exact) mass is 353 g/mol. The maximum Gasteiger partial charge on any atom is 0.573 e. The molecule has 2 N–H and O–H groups in total. The first-order chi connectivity index (χ1) is 7.50. The van der Waals surface area contributed by atoms with Gasteiger partial charge in [-0.25, -0.2) is 8.42 Å². The van der Waals surface area contributed by atoms with Crippen LogP contribution in [0.1, 0.15) is 0 Å². The van der Waals surface area contributed by atoms with Gasteiger partial charge in [0.25, 0.3) is 9.05 Å². The highest BCUT2D eigenvalue weighted by molar-refractivity contribution is 9.10. The smallest absolute Gasteiger partial charge is 0.406 e. The lowest BCUT2D eigenvalue weighted by Gasteiger charge is -2.11. The summed E-state index contributed by atoms with van der Waals surface area (Å²) >= 11 is 2.80. The van der Waals surface area contributed by atoms with Crippen LogP contribution >= 0.6 is 26.6 Å². The third kappa shape index (κ3) is 3.93. The van der Waals surface area contributed by atoms with Crippen molar-refractivity contribution in [1.82, 2.24) is 0 Å². The molecule has 1 aromatic rings. The minimum Gasteiger partial charge on any atom is -0.406 e. The van der Waals surface area contributed by atoms with Gasteiger partial charge in [0.2, 0.25) is 0 Å². The van der Waals surface area contributed by atoms with Gasteiger partial charge in [0, 0.05) is 22.8 Å². The van der Waals surface area contributed by atoms with Gasteiger partial charge in [0.1, 0.15) is 10.6 Å². The molecule has 0 aliphatic rings. The van der Waals surface area contributed by atoms with Gasteiger partial charge in [-0.05, 0) is 15.9 Å². The summed E-state index contributed by atoms with van der Waals surface area (Å²) in [5.41, 5.74) is 5.08. The van der Waals surface area contributed by atoms with E-state index in [-0.39, 0.29) is 10.2 Å².